The predicted octanol–water partition coefficient (Wildman–Crippen LogP) is 1.58. The van der Waals surface area contributed by atoms with Crippen molar-refractivity contribution in [3.63, 3.8) is 0 Å². The molecule has 0 heterocycles. The number of alkyl carbamates (subject to hydrolysis) is 1. The molecule has 0 saturated carbocycles. The molecular formula is C10H21NO3S. The summed E-state index contributed by atoms with van der Waals surface area (Å²) in [5, 5.41) is 11.7. The highest BCUT2D eigenvalue weighted by Crippen LogP contribution is 2.17. The topological polar surface area (TPSA) is 58.6 Å². The second kappa shape index (κ2) is 5.07. The first kappa shape index (κ1) is 14.6. The monoisotopic (exact) mass is 235 g/mol. The van der Waals surface area contributed by atoms with Crippen molar-refractivity contribution < 1.29 is 14.6 Å². The standard InChI is InChI=1S/C10H21NO3S/c1-9(2,3)14-8(13)11-7(6-12)10(4,5)15/h7,12,15H,6H2,1-5H3,(H,11,13)/t7-/m1/s1. The number of hydrogen-bond donors (Lipinski definition) is 3. The van der Waals surface area contributed by atoms with Crippen LogP contribution in [0, 0.1) is 0 Å². The van der Waals surface area contributed by atoms with Crippen molar-refractivity contribution in [1.29, 1.82) is 0 Å². The van der Waals surface area contributed by atoms with Gasteiger partial charge < -0.3 is 15.2 Å². The van der Waals surface area contributed by atoms with Crippen LogP contribution in [0.3, 0.4) is 0 Å². The van der Waals surface area contributed by atoms with E-state index in [1.165, 1.54) is 0 Å². The van der Waals surface area contributed by atoms with Gasteiger partial charge in [0, 0.05) is 4.75 Å². The maximum atomic E-state index is 11.4. The molecule has 0 aromatic carbocycles. The summed E-state index contributed by atoms with van der Waals surface area (Å²) in [6, 6.07) is -0.435. The second-order valence-electron chi connectivity index (χ2n) is 5.04. The minimum atomic E-state index is -0.538. The van der Waals surface area contributed by atoms with Crippen LogP contribution in [0.4, 0.5) is 4.79 Å². The molecule has 0 bridgehead atoms. The number of ether oxygens (including phenoxy) is 1. The molecule has 0 saturated heterocycles. The van der Waals surface area contributed by atoms with Crippen LogP contribution in [-0.2, 0) is 4.74 Å². The molecule has 1 atom stereocenters. The average Bonchev–Trinajstić information content (AvgIpc) is 1.94. The summed E-state index contributed by atoms with van der Waals surface area (Å²) in [5.41, 5.74) is -0.537. The molecule has 90 valence electrons. The van der Waals surface area contributed by atoms with Crippen LogP contribution in [0.1, 0.15) is 34.6 Å². The van der Waals surface area contributed by atoms with E-state index < -0.39 is 22.5 Å². The largest absolute Gasteiger partial charge is 0.444 e. The van der Waals surface area contributed by atoms with Crippen LogP contribution in [0.5, 0.6) is 0 Å². The minimum Gasteiger partial charge on any atom is -0.444 e. The van der Waals surface area contributed by atoms with E-state index in [1.54, 1.807) is 20.8 Å². The Hall–Kier alpha value is -0.420. The zero-order valence-corrected chi connectivity index (χ0v) is 10.9. The summed E-state index contributed by atoms with van der Waals surface area (Å²) in [6.45, 7) is 8.81. The predicted molar refractivity (Wildman–Crippen MR) is 63.3 cm³/mol. The first-order valence-electron chi connectivity index (χ1n) is 4.89. The van der Waals surface area contributed by atoms with E-state index in [1.807, 2.05) is 13.8 Å². The van der Waals surface area contributed by atoms with Crippen LogP contribution < -0.4 is 5.32 Å². The number of rotatable bonds is 3. The Bertz CT molecular complexity index is 218. The van der Waals surface area contributed by atoms with E-state index in [9.17, 15) is 4.79 Å². The van der Waals surface area contributed by atoms with Gasteiger partial charge in [-0.1, -0.05) is 0 Å². The number of nitrogens with one attached hydrogen (secondary N) is 1. The molecule has 0 aliphatic heterocycles. The Kier molecular flexibility index (Phi) is 4.93. The number of amides is 1. The van der Waals surface area contributed by atoms with Crippen molar-refractivity contribution in [1.82, 2.24) is 5.32 Å². The molecule has 0 fully saturated rings. The highest BCUT2D eigenvalue weighted by atomic mass is 32.1. The fourth-order valence-corrected chi connectivity index (χ4v) is 1.04. The molecule has 0 aromatic rings. The van der Waals surface area contributed by atoms with Gasteiger partial charge in [0.2, 0.25) is 0 Å². The molecule has 4 nitrogen and oxygen atoms in total. The van der Waals surface area contributed by atoms with Gasteiger partial charge in [0.15, 0.2) is 0 Å². The van der Waals surface area contributed by atoms with Crippen LogP contribution in [-0.4, -0.2) is 34.2 Å². The second-order valence-corrected chi connectivity index (χ2v) is 6.19. The Balaban J connectivity index is 4.27. The van der Waals surface area contributed by atoms with Crippen molar-refractivity contribution >= 4 is 18.7 Å². The SMILES string of the molecule is CC(C)(C)OC(=O)N[C@H](CO)C(C)(C)S. The molecule has 15 heavy (non-hydrogen) atoms. The lowest BCUT2D eigenvalue weighted by Crippen LogP contribution is -2.50. The summed E-state index contributed by atoms with van der Waals surface area (Å²) in [4.78, 5) is 11.4. The molecule has 1 amide bonds. The van der Waals surface area contributed by atoms with Crippen molar-refractivity contribution in [3.05, 3.63) is 0 Å². The normalized spacial score (nSPS) is 14.6. The molecular weight excluding hydrogens is 214 g/mol. The van der Waals surface area contributed by atoms with E-state index >= 15 is 0 Å². The van der Waals surface area contributed by atoms with Gasteiger partial charge in [0.1, 0.15) is 5.60 Å². The number of thiol groups is 1. The number of aliphatic hydroxyl groups is 1. The van der Waals surface area contributed by atoms with Crippen molar-refractivity contribution in [3.8, 4) is 0 Å². The van der Waals surface area contributed by atoms with Gasteiger partial charge in [-0.05, 0) is 34.6 Å². The zero-order chi connectivity index (χ0) is 12.3. The first-order chi connectivity index (χ1) is 6.56. The number of hydrogen-bond acceptors (Lipinski definition) is 4. The highest BCUT2D eigenvalue weighted by Gasteiger charge is 2.28. The summed E-state index contributed by atoms with van der Waals surface area (Å²) >= 11 is 4.29. The van der Waals surface area contributed by atoms with E-state index in [0.717, 1.165) is 0 Å². The molecule has 0 spiro atoms. The van der Waals surface area contributed by atoms with Crippen LogP contribution in [0.25, 0.3) is 0 Å². The third-order valence-corrected chi connectivity index (χ3v) is 2.04. The molecule has 0 radical (unpaired) electrons. The summed E-state index contributed by atoms with van der Waals surface area (Å²) in [7, 11) is 0. The smallest absolute Gasteiger partial charge is 0.407 e. The first-order valence-corrected chi connectivity index (χ1v) is 5.34. The molecule has 0 aromatic heterocycles. The maximum absolute atomic E-state index is 11.4. The fraction of sp³-hybridized carbons (Fsp3) is 0.900. The van der Waals surface area contributed by atoms with Gasteiger partial charge in [-0.3, -0.25) is 0 Å². The summed E-state index contributed by atoms with van der Waals surface area (Å²) < 4.78 is 4.58. The van der Waals surface area contributed by atoms with Gasteiger partial charge >= 0.3 is 6.09 Å². The number of aliphatic hydroxyl groups excluding tert-OH is 1. The van der Waals surface area contributed by atoms with Crippen molar-refractivity contribution in [2.24, 2.45) is 0 Å². The summed E-state index contributed by atoms with van der Waals surface area (Å²) in [6.07, 6.45) is -0.538. The van der Waals surface area contributed by atoms with E-state index in [4.69, 9.17) is 9.84 Å². The van der Waals surface area contributed by atoms with Gasteiger partial charge in [-0.2, -0.15) is 12.6 Å². The van der Waals surface area contributed by atoms with E-state index in [0.29, 0.717) is 0 Å². The van der Waals surface area contributed by atoms with Gasteiger partial charge in [0.05, 0.1) is 12.6 Å². The molecule has 0 unspecified atom stereocenters. The molecule has 0 rings (SSSR count). The van der Waals surface area contributed by atoms with Crippen molar-refractivity contribution in [2.45, 2.75) is 51.0 Å². The quantitative estimate of drug-likeness (QED) is 0.651. The van der Waals surface area contributed by atoms with E-state index in [2.05, 4.69) is 17.9 Å². The number of carbonyl (C=O) groups excluding carboxylic acids is 1. The highest BCUT2D eigenvalue weighted by molar-refractivity contribution is 7.81. The third kappa shape index (κ3) is 6.62. The average molecular weight is 235 g/mol. The Labute approximate surface area is 96.8 Å². The summed E-state index contributed by atoms with van der Waals surface area (Å²) in [5.74, 6) is 0. The molecule has 0 aliphatic rings. The van der Waals surface area contributed by atoms with Gasteiger partial charge in [-0.15, -0.1) is 0 Å². The van der Waals surface area contributed by atoms with Gasteiger partial charge in [-0.25, -0.2) is 4.79 Å². The Morgan fingerprint density at radius 3 is 2.13 bits per heavy atom. The van der Waals surface area contributed by atoms with Crippen LogP contribution in [0.2, 0.25) is 0 Å². The lowest BCUT2D eigenvalue weighted by atomic mass is 10.0. The molecule has 0 aliphatic carbocycles. The zero-order valence-electron chi connectivity index (χ0n) is 10.00. The van der Waals surface area contributed by atoms with Crippen LogP contribution >= 0.6 is 12.6 Å². The Morgan fingerprint density at radius 1 is 1.40 bits per heavy atom. The van der Waals surface area contributed by atoms with Gasteiger partial charge in [0.25, 0.3) is 0 Å². The fourth-order valence-electron chi connectivity index (χ4n) is 0.895. The Morgan fingerprint density at radius 2 is 1.87 bits per heavy atom. The lowest BCUT2D eigenvalue weighted by molar-refractivity contribution is 0.0470. The van der Waals surface area contributed by atoms with E-state index in [-0.39, 0.29) is 6.61 Å². The molecule has 2 N–H and O–H groups in total. The maximum Gasteiger partial charge on any atom is 0.407 e. The minimum absolute atomic E-state index is 0.171. The molecule has 5 heteroatoms. The number of carbonyl (C=O) groups is 1. The van der Waals surface area contributed by atoms with Crippen LogP contribution in [0.15, 0.2) is 0 Å². The lowest BCUT2D eigenvalue weighted by Gasteiger charge is -2.30. The third-order valence-electron chi connectivity index (χ3n) is 1.73. The van der Waals surface area contributed by atoms with Crippen molar-refractivity contribution in [2.75, 3.05) is 6.61 Å².